The molecule has 1 aromatic carbocycles. The highest BCUT2D eigenvalue weighted by Crippen LogP contribution is 2.31. The van der Waals surface area contributed by atoms with Gasteiger partial charge in [-0.2, -0.15) is 0 Å². The number of nitrogens with zero attached hydrogens (tertiary/aromatic N) is 1. The number of hydrogen-bond acceptors (Lipinski definition) is 4. The number of halogens is 1. The van der Waals surface area contributed by atoms with Crippen LogP contribution in [0.5, 0.6) is 0 Å². The highest BCUT2D eigenvalue weighted by molar-refractivity contribution is 9.10. The van der Waals surface area contributed by atoms with Crippen molar-refractivity contribution >= 4 is 39.3 Å². The fourth-order valence-electron chi connectivity index (χ4n) is 2.48. The molecule has 2 heterocycles. The maximum absolute atomic E-state index is 12.2. The van der Waals surface area contributed by atoms with E-state index in [4.69, 9.17) is 4.42 Å². The van der Waals surface area contributed by atoms with Gasteiger partial charge >= 0.3 is 5.91 Å². The first-order valence-corrected chi connectivity index (χ1v) is 8.04. The summed E-state index contributed by atoms with van der Waals surface area (Å²) in [4.78, 5) is 37.6. The van der Waals surface area contributed by atoms with E-state index in [0.29, 0.717) is 0 Å². The fourth-order valence-corrected chi connectivity index (χ4v) is 2.98. The largest absolute Gasteiger partial charge is 0.459 e. The number of anilines is 1. The van der Waals surface area contributed by atoms with E-state index in [1.165, 1.54) is 12.3 Å². The summed E-state index contributed by atoms with van der Waals surface area (Å²) in [6.07, 6.45) is 1.45. The Morgan fingerprint density at radius 1 is 1.17 bits per heavy atom. The summed E-state index contributed by atoms with van der Waals surface area (Å²) in [5.74, 6) is -1.56. The Labute approximate surface area is 146 Å². The number of amides is 3. The van der Waals surface area contributed by atoms with E-state index in [2.05, 4.69) is 26.8 Å². The molecular formula is C16H14BrN3O4. The number of para-hydroxylation sites is 1. The molecule has 0 bridgehead atoms. The quantitative estimate of drug-likeness (QED) is 0.781. The zero-order chi connectivity index (χ0) is 17.1. The average molecular weight is 392 g/mol. The number of hydrogen-bond donors (Lipinski definition) is 2. The lowest BCUT2D eigenvalue weighted by Gasteiger charge is -2.18. The zero-order valence-corrected chi connectivity index (χ0v) is 14.1. The Balaban J connectivity index is 1.60. The number of furan rings is 1. The minimum atomic E-state index is -0.555. The Morgan fingerprint density at radius 3 is 2.67 bits per heavy atom. The van der Waals surface area contributed by atoms with E-state index in [1.54, 1.807) is 17.0 Å². The van der Waals surface area contributed by atoms with Crippen LogP contribution in [0.4, 0.5) is 5.69 Å². The van der Waals surface area contributed by atoms with Gasteiger partial charge in [-0.1, -0.05) is 12.1 Å². The molecule has 1 fully saturated rings. The van der Waals surface area contributed by atoms with Gasteiger partial charge in [0, 0.05) is 17.4 Å². The van der Waals surface area contributed by atoms with Gasteiger partial charge in [0.15, 0.2) is 5.76 Å². The van der Waals surface area contributed by atoms with E-state index in [-0.39, 0.29) is 24.6 Å². The van der Waals surface area contributed by atoms with Crippen molar-refractivity contribution in [1.29, 1.82) is 0 Å². The minimum absolute atomic E-state index is 0.0871. The van der Waals surface area contributed by atoms with E-state index in [0.717, 1.165) is 10.2 Å². The number of hydrazine groups is 1. The number of carbonyl (C=O) groups excluding carboxylic acids is 3. The molecule has 24 heavy (non-hydrogen) atoms. The molecule has 1 aliphatic heterocycles. The first-order valence-electron chi connectivity index (χ1n) is 7.25. The van der Waals surface area contributed by atoms with E-state index < -0.39 is 17.7 Å². The van der Waals surface area contributed by atoms with E-state index >= 15 is 0 Å². The third kappa shape index (κ3) is 3.33. The molecule has 0 unspecified atom stereocenters. The molecule has 0 radical (unpaired) electrons. The molecule has 1 atom stereocenters. The van der Waals surface area contributed by atoms with Crippen LogP contribution in [0.1, 0.15) is 17.0 Å². The van der Waals surface area contributed by atoms with Crippen molar-refractivity contribution in [3.63, 3.8) is 0 Å². The Hall–Kier alpha value is -2.61. The van der Waals surface area contributed by atoms with Gasteiger partial charge in [0.1, 0.15) is 0 Å². The molecule has 124 valence electrons. The second-order valence-electron chi connectivity index (χ2n) is 5.28. The van der Waals surface area contributed by atoms with Crippen molar-refractivity contribution < 1.29 is 18.8 Å². The van der Waals surface area contributed by atoms with Gasteiger partial charge in [0.05, 0.1) is 17.9 Å². The topological polar surface area (TPSA) is 91.7 Å². The smallest absolute Gasteiger partial charge is 0.305 e. The number of carbonyl (C=O) groups is 3. The molecule has 3 amide bonds. The summed E-state index contributed by atoms with van der Waals surface area (Å²) in [5, 5.41) is 0. The minimum Gasteiger partial charge on any atom is -0.459 e. The first-order chi connectivity index (χ1) is 11.6. The lowest BCUT2D eigenvalue weighted by molar-refractivity contribution is -0.126. The molecule has 1 saturated heterocycles. The van der Waals surface area contributed by atoms with Crippen LogP contribution in [-0.2, 0) is 9.59 Å². The van der Waals surface area contributed by atoms with Gasteiger partial charge in [-0.3, -0.25) is 25.2 Å². The number of nitrogens with one attached hydrogen (secondary N) is 2. The van der Waals surface area contributed by atoms with Crippen LogP contribution in [0, 0.1) is 5.92 Å². The molecule has 0 aliphatic carbocycles. The molecule has 1 aliphatic rings. The number of rotatable bonds is 3. The molecule has 7 nitrogen and oxygen atoms in total. The van der Waals surface area contributed by atoms with Crippen molar-refractivity contribution in [2.75, 3.05) is 11.4 Å². The number of benzene rings is 1. The summed E-state index contributed by atoms with van der Waals surface area (Å²) < 4.78 is 5.71. The third-order valence-corrected chi connectivity index (χ3v) is 4.35. The van der Waals surface area contributed by atoms with Crippen LogP contribution >= 0.6 is 15.9 Å². The van der Waals surface area contributed by atoms with Crippen molar-refractivity contribution in [3.05, 3.63) is 52.9 Å². The van der Waals surface area contributed by atoms with Crippen LogP contribution in [-0.4, -0.2) is 24.3 Å². The van der Waals surface area contributed by atoms with Crippen LogP contribution in [0.15, 0.2) is 51.6 Å². The van der Waals surface area contributed by atoms with E-state index in [9.17, 15) is 14.4 Å². The summed E-state index contributed by atoms with van der Waals surface area (Å²) in [6, 6.07) is 10.4. The van der Waals surface area contributed by atoms with Crippen LogP contribution < -0.4 is 15.8 Å². The summed E-state index contributed by atoms with van der Waals surface area (Å²) in [6.45, 7) is 0.254. The molecular weight excluding hydrogens is 378 g/mol. The second-order valence-corrected chi connectivity index (χ2v) is 6.13. The Morgan fingerprint density at radius 2 is 1.96 bits per heavy atom. The molecule has 1 aromatic heterocycles. The van der Waals surface area contributed by atoms with E-state index in [1.807, 2.05) is 18.2 Å². The highest BCUT2D eigenvalue weighted by Gasteiger charge is 2.36. The molecule has 3 rings (SSSR count). The fraction of sp³-hybridized carbons (Fsp3) is 0.188. The molecule has 0 spiro atoms. The average Bonchev–Trinajstić information content (AvgIpc) is 3.23. The first kappa shape index (κ1) is 16.3. The van der Waals surface area contributed by atoms with Crippen LogP contribution in [0.2, 0.25) is 0 Å². The normalized spacial score (nSPS) is 17.0. The maximum Gasteiger partial charge on any atom is 0.305 e. The van der Waals surface area contributed by atoms with Gasteiger partial charge < -0.3 is 9.32 Å². The van der Waals surface area contributed by atoms with Crippen LogP contribution in [0.25, 0.3) is 0 Å². The lowest BCUT2D eigenvalue weighted by atomic mass is 10.1. The third-order valence-electron chi connectivity index (χ3n) is 3.68. The van der Waals surface area contributed by atoms with Crippen molar-refractivity contribution in [2.45, 2.75) is 6.42 Å². The monoisotopic (exact) mass is 391 g/mol. The summed E-state index contributed by atoms with van der Waals surface area (Å²) in [7, 11) is 0. The summed E-state index contributed by atoms with van der Waals surface area (Å²) in [5.41, 5.74) is 5.32. The van der Waals surface area contributed by atoms with Crippen molar-refractivity contribution in [3.8, 4) is 0 Å². The molecule has 2 N–H and O–H groups in total. The standard InChI is InChI=1S/C16H14BrN3O4/c17-11-4-1-2-5-12(11)20-9-10(8-14(20)21)15(22)18-19-16(23)13-6-3-7-24-13/h1-7,10H,8-9H2,(H,18,22)(H,19,23)/t10-/m1/s1. The van der Waals surface area contributed by atoms with Gasteiger partial charge in [0.25, 0.3) is 0 Å². The van der Waals surface area contributed by atoms with Gasteiger partial charge in [-0.05, 0) is 40.2 Å². The molecule has 8 heteroatoms. The molecule has 2 aromatic rings. The van der Waals surface area contributed by atoms with Crippen molar-refractivity contribution in [1.82, 2.24) is 10.9 Å². The second kappa shape index (κ2) is 6.88. The van der Waals surface area contributed by atoms with Gasteiger partial charge in [-0.15, -0.1) is 0 Å². The lowest BCUT2D eigenvalue weighted by Crippen LogP contribution is -2.45. The predicted octanol–water partition coefficient (Wildman–Crippen LogP) is 1.86. The highest BCUT2D eigenvalue weighted by atomic mass is 79.9. The predicted molar refractivity (Wildman–Crippen MR) is 88.9 cm³/mol. The van der Waals surface area contributed by atoms with Crippen LogP contribution in [0.3, 0.4) is 0 Å². The van der Waals surface area contributed by atoms with Crippen molar-refractivity contribution in [2.24, 2.45) is 5.92 Å². The Kier molecular flexibility index (Phi) is 4.66. The maximum atomic E-state index is 12.2. The molecule has 0 saturated carbocycles. The Bertz CT molecular complexity index is 775. The van der Waals surface area contributed by atoms with Gasteiger partial charge in [-0.25, -0.2) is 0 Å². The zero-order valence-electron chi connectivity index (χ0n) is 12.5. The summed E-state index contributed by atoms with van der Waals surface area (Å²) >= 11 is 3.40. The SMILES string of the molecule is O=C(NNC(=O)[C@@H]1CC(=O)N(c2ccccc2Br)C1)c1ccco1. The van der Waals surface area contributed by atoms with Gasteiger partial charge in [0.2, 0.25) is 11.8 Å².